The summed E-state index contributed by atoms with van der Waals surface area (Å²) in [4.78, 5) is 12.3. The summed E-state index contributed by atoms with van der Waals surface area (Å²) in [6, 6.07) is 14.3. The molecule has 0 spiro atoms. The number of hydrogen-bond acceptors (Lipinski definition) is 4. The van der Waals surface area contributed by atoms with Gasteiger partial charge in [0.15, 0.2) is 11.5 Å². The van der Waals surface area contributed by atoms with Crippen molar-refractivity contribution in [2.75, 3.05) is 7.11 Å². The van der Waals surface area contributed by atoms with Crippen molar-refractivity contribution in [1.82, 2.24) is 15.1 Å². The van der Waals surface area contributed by atoms with E-state index in [1.54, 1.807) is 16.9 Å². The normalized spacial score (nSPS) is 10.7. The van der Waals surface area contributed by atoms with Crippen molar-refractivity contribution in [1.29, 1.82) is 0 Å². The van der Waals surface area contributed by atoms with Crippen LogP contribution in [0.15, 0.2) is 60.9 Å². The summed E-state index contributed by atoms with van der Waals surface area (Å²) in [5, 5.41) is 6.97. The van der Waals surface area contributed by atoms with Gasteiger partial charge in [-0.1, -0.05) is 36.4 Å². The first kappa shape index (κ1) is 19.3. The van der Waals surface area contributed by atoms with Gasteiger partial charge in [0, 0.05) is 12.7 Å². The van der Waals surface area contributed by atoms with Gasteiger partial charge in [0.25, 0.3) is 5.91 Å². The molecule has 3 aromatic rings. The van der Waals surface area contributed by atoms with E-state index in [0.717, 1.165) is 5.56 Å². The molecule has 0 aliphatic rings. The molecule has 0 saturated heterocycles. The van der Waals surface area contributed by atoms with Gasteiger partial charge in [0.2, 0.25) is 0 Å². The van der Waals surface area contributed by atoms with E-state index in [1.807, 2.05) is 30.3 Å². The van der Waals surface area contributed by atoms with Gasteiger partial charge in [0.05, 0.1) is 25.4 Å². The van der Waals surface area contributed by atoms with Gasteiger partial charge in [-0.25, -0.2) is 0 Å². The van der Waals surface area contributed by atoms with Crippen LogP contribution in [0.5, 0.6) is 11.5 Å². The molecule has 0 fully saturated rings. The summed E-state index contributed by atoms with van der Waals surface area (Å²) >= 11 is 0. The molecular formula is C20H19F2N3O3. The maximum absolute atomic E-state index is 12.4. The standard InChI is InChI=1S/C20H19F2N3O3/c1-27-18-9-15(7-8-17(18)28-20(21)22)10-23-19(26)16-11-24-25(13-16)12-14-5-3-2-4-6-14/h2-9,11,13,20H,10,12H2,1H3,(H,23,26). The van der Waals surface area contributed by atoms with E-state index >= 15 is 0 Å². The van der Waals surface area contributed by atoms with Gasteiger partial charge in [0.1, 0.15) is 0 Å². The maximum Gasteiger partial charge on any atom is 0.387 e. The molecule has 0 unspecified atom stereocenters. The fourth-order valence-corrected chi connectivity index (χ4v) is 2.64. The first-order valence-corrected chi connectivity index (χ1v) is 8.51. The highest BCUT2D eigenvalue weighted by Gasteiger charge is 2.12. The topological polar surface area (TPSA) is 65.4 Å². The second kappa shape index (κ2) is 8.98. The number of benzene rings is 2. The molecule has 0 bridgehead atoms. The Morgan fingerprint density at radius 2 is 1.93 bits per heavy atom. The summed E-state index contributed by atoms with van der Waals surface area (Å²) in [5.74, 6) is -0.177. The van der Waals surface area contributed by atoms with E-state index < -0.39 is 6.61 Å². The number of halogens is 2. The lowest BCUT2D eigenvalue weighted by Crippen LogP contribution is -2.22. The molecule has 1 heterocycles. The molecular weight excluding hydrogens is 368 g/mol. The summed E-state index contributed by atoms with van der Waals surface area (Å²) < 4.78 is 35.9. The van der Waals surface area contributed by atoms with Crippen LogP contribution < -0.4 is 14.8 Å². The van der Waals surface area contributed by atoms with Crippen LogP contribution in [0.4, 0.5) is 8.78 Å². The number of alkyl halides is 2. The van der Waals surface area contributed by atoms with Crippen molar-refractivity contribution in [3.05, 3.63) is 77.6 Å². The smallest absolute Gasteiger partial charge is 0.387 e. The highest BCUT2D eigenvalue weighted by molar-refractivity contribution is 5.93. The Balaban J connectivity index is 1.60. The Labute approximate surface area is 160 Å². The number of hydrogen-bond donors (Lipinski definition) is 1. The van der Waals surface area contributed by atoms with Crippen LogP contribution >= 0.6 is 0 Å². The molecule has 0 radical (unpaired) electrons. The summed E-state index contributed by atoms with van der Waals surface area (Å²) in [5.41, 5.74) is 2.19. The van der Waals surface area contributed by atoms with E-state index in [4.69, 9.17) is 4.74 Å². The van der Waals surface area contributed by atoms with Crippen LogP contribution in [0.2, 0.25) is 0 Å². The highest BCUT2D eigenvalue weighted by Crippen LogP contribution is 2.29. The fraction of sp³-hybridized carbons (Fsp3) is 0.200. The van der Waals surface area contributed by atoms with Crippen LogP contribution in [0.3, 0.4) is 0 Å². The Bertz CT molecular complexity index is 929. The summed E-state index contributed by atoms with van der Waals surface area (Å²) in [6.45, 7) is -2.17. The molecule has 0 aliphatic carbocycles. The molecule has 146 valence electrons. The second-order valence-electron chi connectivity index (χ2n) is 5.96. The van der Waals surface area contributed by atoms with Crippen molar-refractivity contribution in [3.63, 3.8) is 0 Å². The average molecular weight is 387 g/mol. The molecule has 1 amide bonds. The van der Waals surface area contributed by atoms with Crippen molar-refractivity contribution in [3.8, 4) is 11.5 Å². The van der Waals surface area contributed by atoms with Gasteiger partial charge in [-0.15, -0.1) is 0 Å². The average Bonchev–Trinajstić information content (AvgIpc) is 3.16. The van der Waals surface area contributed by atoms with Crippen molar-refractivity contribution in [2.24, 2.45) is 0 Å². The van der Waals surface area contributed by atoms with Crippen molar-refractivity contribution >= 4 is 5.91 Å². The molecule has 0 atom stereocenters. The molecule has 8 heteroatoms. The lowest BCUT2D eigenvalue weighted by Gasteiger charge is -2.11. The predicted octanol–water partition coefficient (Wildman–Crippen LogP) is 3.47. The first-order chi connectivity index (χ1) is 13.5. The number of methoxy groups -OCH3 is 1. The number of nitrogens with zero attached hydrogens (tertiary/aromatic N) is 2. The van der Waals surface area contributed by atoms with E-state index in [0.29, 0.717) is 17.7 Å². The number of carbonyl (C=O) groups excluding carboxylic acids is 1. The molecule has 2 aromatic carbocycles. The molecule has 3 rings (SSSR count). The predicted molar refractivity (Wildman–Crippen MR) is 98.6 cm³/mol. The van der Waals surface area contributed by atoms with Gasteiger partial charge in [-0.3, -0.25) is 9.48 Å². The lowest BCUT2D eigenvalue weighted by atomic mass is 10.2. The number of aromatic nitrogens is 2. The maximum atomic E-state index is 12.4. The minimum absolute atomic E-state index is 0.0604. The molecule has 0 aliphatic heterocycles. The van der Waals surface area contributed by atoms with Crippen LogP contribution in [0.25, 0.3) is 0 Å². The van der Waals surface area contributed by atoms with Crippen LogP contribution in [0.1, 0.15) is 21.5 Å². The van der Waals surface area contributed by atoms with Gasteiger partial charge in [-0.05, 0) is 23.3 Å². The lowest BCUT2D eigenvalue weighted by molar-refractivity contribution is -0.0512. The minimum Gasteiger partial charge on any atom is -0.493 e. The van der Waals surface area contributed by atoms with Crippen molar-refractivity contribution < 1.29 is 23.0 Å². The number of nitrogens with one attached hydrogen (secondary N) is 1. The Morgan fingerprint density at radius 3 is 2.64 bits per heavy atom. The molecule has 0 saturated carbocycles. The molecule has 6 nitrogen and oxygen atoms in total. The second-order valence-corrected chi connectivity index (χ2v) is 5.96. The van der Waals surface area contributed by atoms with E-state index in [2.05, 4.69) is 15.2 Å². The third-order valence-electron chi connectivity index (χ3n) is 3.98. The number of carbonyl (C=O) groups is 1. The van der Waals surface area contributed by atoms with E-state index in [9.17, 15) is 13.6 Å². The van der Waals surface area contributed by atoms with E-state index in [1.165, 1.54) is 25.4 Å². The number of amides is 1. The van der Waals surface area contributed by atoms with Crippen LogP contribution in [-0.4, -0.2) is 29.4 Å². The third-order valence-corrected chi connectivity index (χ3v) is 3.98. The van der Waals surface area contributed by atoms with Gasteiger partial charge in [-0.2, -0.15) is 13.9 Å². The van der Waals surface area contributed by atoms with Crippen LogP contribution in [0, 0.1) is 0 Å². The number of rotatable bonds is 8. The zero-order valence-electron chi connectivity index (χ0n) is 15.1. The number of ether oxygens (including phenoxy) is 2. The SMILES string of the molecule is COc1cc(CNC(=O)c2cnn(Cc3ccccc3)c2)ccc1OC(F)F. The van der Waals surface area contributed by atoms with Gasteiger partial charge < -0.3 is 14.8 Å². The molecule has 1 N–H and O–H groups in total. The monoisotopic (exact) mass is 387 g/mol. The minimum atomic E-state index is -2.94. The summed E-state index contributed by atoms with van der Waals surface area (Å²) in [7, 11) is 1.36. The highest BCUT2D eigenvalue weighted by atomic mass is 19.3. The van der Waals surface area contributed by atoms with Gasteiger partial charge >= 0.3 is 6.61 Å². The van der Waals surface area contributed by atoms with E-state index in [-0.39, 0.29) is 24.0 Å². The first-order valence-electron chi connectivity index (χ1n) is 8.51. The Hall–Kier alpha value is -3.42. The molecule has 1 aromatic heterocycles. The van der Waals surface area contributed by atoms with Crippen LogP contribution in [-0.2, 0) is 13.1 Å². The third kappa shape index (κ3) is 5.06. The molecule has 28 heavy (non-hydrogen) atoms. The summed E-state index contributed by atoms with van der Waals surface area (Å²) in [6.07, 6.45) is 3.17. The Morgan fingerprint density at radius 1 is 1.14 bits per heavy atom. The fourth-order valence-electron chi connectivity index (χ4n) is 2.64. The zero-order chi connectivity index (χ0) is 19.9. The van der Waals surface area contributed by atoms with Crippen molar-refractivity contribution in [2.45, 2.75) is 19.7 Å². The zero-order valence-corrected chi connectivity index (χ0v) is 15.1. The quantitative estimate of drug-likeness (QED) is 0.643. The Kier molecular flexibility index (Phi) is 6.21. The largest absolute Gasteiger partial charge is 0.493 e.